The van der Waals surface area contributed by atoms with Crippen molar-refractivity contribution in [3.63, 3.8) is 0 Å². The Kier molecular flexibility index (Phi) is 3.55. The van der Waals surface area contributed by atoms with Gasteiger partial charge in [-0.25, -0.2) is 4.79 Å². The molecule has 1 aliphatic carbocycles. The molecule has 1 heterocycles. The number of aromatic carboxylic acids is 1. The van der Waals surface area contributed by atoms with E-state index in [4.69, 9.17) is 5.73 Å². The van der Waals surface area contributed by atoms with Crippen molar-refractivity contribution in [3.05, 3.63) is 23.8 Å². The third-order valence-corrected chi connectivity index (χ3v) is 4.84. The van der Waals surface area contributed by atoms with Crippen LogP contribution in [0.1, 0.15) is 48.9 Å². The third-order valence-electron chi connectivity index (χ3n) is 4.84. The Labute approximate surface area is 119 Å². The summed E-state index contributed by atoms with van der Waals surface area (Å²) >= 11 is 0. The smallest absolute Gasteiger partial charge is 0.337 e. The van der Waals surface area contributed by atoms with Crippen molar-refractivity contribution in [1.29, 1.82) is 0 Å². The Balaban J connectivity index is 1.87. The highest BCUT2D eigenvalue weighted by atomic mass is 16.4. The summed E-state index contributed by atoms with van der Waals surface area (Å²) < 4.78 is 0. The van der Waals surface area contributed by atoms with Gasteiger partial charge in [-0.1, -0.05) is 12.8 Å². The van der Waals surface area contributed by atoms with Crippen LogP contribution in [0.2, 0.25) is 0 Å². The van der Waals surface area contributed by atoms with Gasteiger partial charge in [-0.3, -0.25) is 0 Å². The lowest BCUT2D eigenvalue weighted by molar-refractivity contribution is 0.0698. The van der Waals surface area contributed by atoms with Crippen molar-refractivity contribution in [2.75, 3.05) is 17.2 Å². The molecule has 0 radical (unpaired) electrons. The average Bonchev–Trinajstić information content (AvgIpc) is 3.09. The molecule has 1 aromatic rings. The van der Waals surface area contributed by atoms with Crippen LogP contribution >= 0.6 is 0 Å². The molecule has 1 aromatic carbocycles. The number of hydrogen-bond donors (Lipinski definition) is 2. The molecule has 3 rings (SSSR count). The molecule has 1 saturated carbocycles. The van der Waals surface area contributed by atoms with Crippen molar-refractivity contribution >= 4 is 17.3 Å². The van der Waals surface area contributed by atoms with Gasteiger partial charge in [-0.15, -0.1) is 0 Å². The number of anilines is 2. The zero-order valence-electron chi connectivity index (χ0n) is 11.7. The molecule has 4 nitrogen and oxygen atoms in total. The minimum Gasteiger partial charge on any atom is -0.478 e. The van der Waals surface area contributed by atoms with Gasteiger partial charge in [0.1, 0.15) is 0 Å². The number of carbonyl (C=O) groups is 1. The lowest BCUT2D eigenvalue weighted by Crippen LogP contribution is -2.34. The van der Waals surface area contributed by atoms with Gasteiger partial charge in [-0.2, -0.15) is 0 Å². The highest BCUT2D eigenvalue weighted by molar-refractivity contribution is 5.94. The third kappa shape index (κ3) is 2.35. The van der Waals surface area contributed by atoms with Crippen molar-refractivity contribution in [2.24, 2.45) is 5.92 Å². The number of hydrogen-bond acceptors (Lipinski definition) is 3. The van der Waals surface area contributed by atoms with Gasteiger partial charge in [0.05, 0.1) is 5.56 Å². The van der Waals surface area contributed by atoms with E-state index in [1.54, 1.807) is 12.1 Å². The van der Waals surface area contributed by atoms with Crippen LogP contribution in [0.3, 0.4) is 0 Å². The molecule has 1 atom stereocenters. The Hall–Kier alpha value is -1.71. The number of nitrogen functional groups attached to an aromatic ring is 1. The molecule has 0 spiro atoms. The minimum atomic E-state index is -0.944. The highest BCUT2D eigenvalue weighted by Crippen LogP contribution is 2.38. The van der Waals surface area contributed by atoms with Gasteiger partial charge in [-0.05, 0) is 49.8 Å². The van der Waals surface area contributed by atoms with Crippen LogP contribution in [-0.4, -0.2) is 23.7 Å². The average molecular weight is 274 g/mol. The summed E-state index contributed by atoms with van der Waals surface area (Å²) in [6.45, 7) is 1.03. The maximum atomic E-state index is 11.2. The van der Waals surface area contributed by atoms with Gasteiger partial charge in [0.15, 0.2) is 0 Å². The van der Waals surface area contributed by atoms with Crippen molar-refractivity contribution in [1.82, 2.24) is 0 Å². The topological polar surface area (TPSA) is 66.6 Å². The van der Waals surface area contributed by atoms with E-state index in [1.807, 2.05) is 6.07 Å². The zero-order valence-corrected chi connectivity index (χ0v) is 11.7. The van der Waals surface area contributed by atoms with Gasteiger partial charge >= 0.3 is 5.97 Å². The molecule has 2 aliphatic rings. The van der Waals surface area contributed by atoms with Crippen molar-refractivity contribution in [3.8, 4) is 0 Å². The van der Waals surface area contributed by atoms with Crippen molar-refractivity contribution < 1.29 is 9.90 Å². The Morgan fingerprint density at radius 2 is 1.95 bits per heavy atom. The molecule has 1 aliphatic heterocycles. The number of nitrogens with zero attached hydrogens (tertiary/aromatic N) is 1. The van der Waals surface area contributed by atoms with E-state index in [2.05, 4.69) is 4.90 Å². The summed E-state index contributed by atoms with van der Waals surface area (Å²) in [5.41, 5.74) is 7.33. The van der Waals surface area contributed by atoms with Crippen LogP contribution in [-0.2, 0) is 0 Å². The maximum absolute atomic E-state index is 11.2. The fourth-order valence-corrected chi connectivity index (χ4v) is 3.85. The Morgan fingerprint density at radius 1 is 1.20 bits per heavy atom. The van der Waals surface area contributed by atoms with Crippen LogP contribution in [0.5, 0.6) is 0 Å². The summed E-state index contributed by atoms with van der Waals surface area (Å²) in [4.78, 5) is 13.6. The second kappa shape index (κ2) is 5.35. The molecule has 0 bridgehead atoms. The first-order valence-electron chi connectivity index (χ1n) is 7.56. The summed E-state index contributed by atoms with van der Waals surface area (Å²) in [5.74, 6) is -0.163. The number of nitrogens with two attached hydrogens (primary N) is 1. The Bertz CT molecular complexity index is 509. The normalized spacial score (nSPS) is 23.4. The van der Waals surface area contributed by atoms with Crippen LogP contribution < -0.4 is 10.6 Å². The first-order valence-corrected chi connectivity index (χ1v) is 7.56. The van der Waals surface area contributed by atoms with Gasteiger partial charge < -0.3 is 15.7 Å². The molecule has 1 saturated heterocycles. The predicted molar refractivity (Wildman–Crippen MR) is 80.1 cm³/mol. The minimum absolute atomic E-state index is 0.222. The summed E-state index contributed by atoms with van der Waals surface area (Å²) in [5, 5.41) is 9.21. The van der Waals surface area contributed by atoms with E-state index >= 15 is 0 Å². The van der Waals surface area contributed by atoms with E-state index < -0.39 is 5.97 Å². The predicted octanol–water partition coefficient (Wildman–Crippen LogP) is 3.13. The van der Waals surface area contributed by atoms with E-state index in [0.717, 1.165) is 18.2 Å². The van der Waals surface area contributed by atoms with Crippen LogP contribution in [0.15, 0.2) is 18.2 Å². The second-order valence-corrected chi connectivity index (χ2v) is 6.02. The molecule has 3 N–H and O–H groups in total. The SMILES string of the molecule is Nc1ccc(N2CCCC2C2CCCC2)cc1C(=O)O. The number of benzene rings is 1. The molecule has 4 heteroatoms. The quantitative estimate of drug-likeness (QED) is 0.831. The molecule has 1 unspecified atom stereocenters. The Morgan fingerprint density at radius 3 is 2.65 bits per heavy atom. The zero-order chi connectivity index (χ0) is 14.1. The molecule has 108 valence electrons. The fourth-order valence-electron chi connectivity index (χ4n) is 3.85. The molecule has 0 aromatic heterocycles. The van der Waals surface area contributed by atoms with Gasteiger partial charge in [0.2, 0.25) is 0 Å². The van der Waals surface area contributed by atoms with Crippen LogP contribution in [0.4, 0.5) is 11.4 Å². The van der Waals surface area contributed by atoms with Gasteiger partial charge in [0.25, 0.3) is 0 Å². The summed E-state index contributed by atoms with van der Waals surface area (Å²) in [7, 11) is 0. The summed E-state index contributed by atoms with van der Waals surface area (Å²) in [6, 6.07) is 6.02. The molecular weight excluding hydrogens is 252 g/mol. The fraction of sp³-hybridized carbons (Fsp3) is 0.562. The monoisotopic (exact) mass is 274 g/mol. The van der Waals surface area contributed by atoms with E-state index in [1.165, 1.54) is 38.5 Å². The number of carboxylic acids is 1. The van der Waals surface area contributed by atoms with E-state index in [9.17, 15) is 9.90 Å². The standard InChI is InChI=1S/C16H22N2O2/c17-14-8-7-12(10-13(14)16(19)20)18-9-3-6-15(18)11-4-1-2-5-11/h7-8,10-11,15H,1-6,9,17H2,(H,19,20). The lowest BCUT2D eigenvalue weighted by Gasteiger charge is -2.31. The highest BCUT2D eigenvalue weighted by Gasteiger charge is 2.33. The summed E-state index contributed by atoms with van der Waals surface area (Å²) in [6.07, 6.45) is 7.77. The molecular formula is C16H22N2O2. The number of rotatable bonds is 3. The van der Waals surface area contributed by atoms with Gasteiger partial charge in [0, 0.05) is 24.0 Å². The van der Waals surface area contributed by atoms with E-state index in [-0.39, 0.29) is 5.56 Å². The largest absolute Gasteiger partial charge is 0.478 e. The lowest BCUT2D eigenvalue weighted by atomic mass is 9.95. The first kappa shape index (κ1) is 13.3. The number of carboxylic acid groups (broad SMARTS) is 1. The van der Waals surface area contributed by atoms with Crippen molar-refractivity contribution in [2.45, 2.75) is 44.6 Å². The molecule has 0 amide bonds. The van der Waals surface area contributed by atoms with E-state index in [0.29, 0.717) is 11.7 Å². The maximum Gasteiger partial charge on any atom is 0.337 e. The first-order chi connectivity index (χ1) is 9.66. The van der Waals surface area contributed by atoms with Crippen LogP contribution in [0, 0.1) is 5.92 Å². The molecule has 2 fully saturated rings. The molecule has 20 heavy (non-hydrogen) atoms. The van der Waals surface area contributed by atoms with Crippen LogP contribution in [0.25, 0.3) is 0 Å². The second-order valence-electron chi connectivity index (χ2n) is 6.02.